The standard InChI is InChI=1S/C12H13ClN2O/c1-8-11(4-5-16-8)15-12-3-2-10(13)6-9(12)7-14/h2-3,6,8,11,15H,4-5H2,1H3. The van der Waals surface area contributed by atoms with Crippen LogP contribution in [0.15, 0.2) is 18.2 Å². The molecule has 0 radical (unpaired) electrons. The fraction of sp³-hybridized carbons (Fsp3) is 0.417. The lowest BCUT2D eigenvalue weighted by Gasteiger charge is -2.18. The zero-order chi connectivity index (χ0) is 11.5. The van der Waals surface area contributed by atoms with Crippen LogP contribution in [0.5, 0.6) is 0 Å². The largest absolute Gasteiger partial charge is 0.379 e. The van der Waals surface area contributed by atoms with Crippen LogP contribution in [0.25, 0.3) is 0 Å². The Morgan fingerprint density at radius 3 is 3.00 bits per heavy atom. The normalized spacial score (nSPS) is 24.1. The minimum absolute atomic E-state index is 0.183. The van der Waals surface area contributed by atoms with Crippen molar-refractivity contribution >= 4 is 17.3 Å². The Morgan fingerprint density at radius 1 is 1.56 bits per heavy atom. The van der Waals surface area contributed by atoms with Crippen LogP contribution in [0.3, 0.4) is 0 Å². The van der Waals surface area contributed by atoms with E-state index in [9.17, 15) is 0 Å². The third-order valence-electron chi connectivity index (χ3n) is 2.82. The number of nitrogens with zero attached hydrogens (tertiary/aromatic N) is 1. The van der Waals surface area contributed by atoms with Gasteiger partial charge < -0.3 is 10.1 Å². The Labute approximate surface area is 100.0 Å². The van der Waals surface area contributed by atoms with E-state index in [2.05, 4.69) is 11.4 Å². The first kappa shape index (κ1) is 11.3. The Hall–Kier alpha value is -1.24. The molecule has 1 aromatic rings. The second-order valence-corrected chi connectivity index (χ2v) is 4.35. The molecule has 1 saturated heterocycles. The van der Waals surface area contributed by atoms with Crippen molar-refractivity contribution in [2.75, 3.05) is 11.9 Å². The quantitative estimate of drug-likeness (QED) is 0.859. The molecule has 1 fully saturated rings. The maximum atomic E-state index is 9.00. The monoisotopic (exact) mass is 236 g/mol. The van der Waals surface area contributed by atoms with E-state index in [4.69, 9.17) is 21.6 Å². The fourth-order valence-electron chi connectivity index (χ4n) is 1.86. The van der Waals surface area contributed by atoms with E-state index in [-0.39, 0.29) is 12.1 Å². The molecule has 2 rings (SSSR count). The number of anilines is 1. The summed E-state index contributed by atoms with van der Waals surface area (Å²) in [5.74, 6) is 0. The Morgan fingerprint density at radius 2 is 2.38 bits per heavy atom. The van der Waals surface area contributed by atoms with Gasteiger partial charge in [-0.25, -0.2) is 0 Å². The molecule has 0 amide bonds. The number of hydrogen-bond donors (Lipinski definition) is 1. The van der Waals surface area contributed by atoms with Gasteiger partial charge in [0.05, 0.1) is 23.4 Å². The molecule has 1 N–H and O–H groups in total. The molecule has 4 heteroatoms. The summed E-state index contributed by atoms with van der Waals surface area (Å²) < 4.78 is 5.46. The number of ether oxygens (including phenoxy) is 1. The molecule has 0 aromatic heterocycles. The van der Waals surface area contributed by atoms with Crippen molar-refractivity contribution in [2.24, 2.45) is 0 Å². The molecule has 3 nitrogen and oxygen atoms in total. The van der Waals surface area contributed by atoms with E-state index in [1.165, 1.54) is 0 Å². The summed E-state index contributed by atoms with van der Waals surface area (Å²) in [5, 5.41) is 12.9. The van der Waals surface area contributed by atoms with Crippen LogP contribution >= 0.6 is 11.6 Å². The van der Waals surface area contributed by atoms with Crippen molar-refractivity contribution in [1.29, 1.82) is 5.26 Å². The predicted molar refractivity (Wildman–Crippen MR) is 63.6 cm³/mol. The molecule has 0 spiro atoms. The summed E-state index contributed by atoms with van der Waals surface area (Å²) in [6, 6.07) is 7.70. The zero-order valence-electron chi connectivity index (χ0n) is 9.03. The fourth-order valence-corrected chi connectivity index (χ4v) is 2.03. The maximum absolute atomic E-state index is 9.00. The molecule has 2 unspecified atom stereocenters. The molecular formula is C12H13ClN2O. The molecule has 1 aliphatic heterocycles. The minimum Gasteiger partial charge on any atom is -0.379 e. The second-order valence-electron chi connectivity index (χ2n) is 3.92. The van der Waals surface area contributed by atoms with Gasteiger partial charge in [0.2, 0.25) is 0 Å². The van der Waals surface area contributed by atoms with Crippen LogP contribution in [-0.4, -0.2) is 18.8 Å². The zero-order valence-corrected chi connectivity index (χ0v) is 9.79. The first-order valence-corrected chi connectivity index (χ1v) is 5.66. The van der Waals surface area contributed by atoms with E-state index in [0.29, 0.717) is 10.6 Å². The summed E-state index contributed by atoms with van der Waals surface area (Å²) >= 11 is 5.84. The van der Waals surface area contributed by atoms with Gasteiger partial charge in [-0.05, 0) is 31.5 Å². The average molecular weight is 237 g/mol. The average Bonchev–Trinajstić information content (AvgIpc) is 2.67. The number of benzene rings is 1. The van der Waals surface area contributed by atoms with E-state index < -0.39 is 0 Å². The van der Waals surface area contributed by atoms with Gasteiger partial charge >= 0.3 is 0 Å². The molecule has 0 aliphatic carbocycles. The minimum atomic E-state index is 0.183. The lowest BCUT2D eigenvalue weighted by molar-refractivity contribution is 0.121. The number of hydrogen-bond acceptors (Lipinski definition) is 3. The van der Waals surface area contributed by atoms with Gasteiger partial charge in [-0.2, -0.15) is 5.26 Å². The van der Waals surface area contributed by atoms with Crippen molar-refractivity contribution in [2.45, 2.75) is 25.5 Å². The summed E-state index contributed by atoms with van der Waals surface area (Å²) in [7, 11) is 0. The summed E-state index contributed by atoms with van der Waals surface area (Å²) in [5.41, 5.74) is 1.40. The van der Waals surface area contributed by atoms with Crippen molar-refractivity contribution in [3.63, 3.8) is 0 Å². The highest BCUT2D eigenvalue weighted by atomic mass is 35.5. The van der Waals surface area contributed by atoms with Crippen LogP contribution in [-0.2, 0) is 4.74 Å². The highest BCUT2D eigenvalue weighted by molar-refractivity contribution is 6.30. The van der Waals surface area contributed by atoms with Crippen molar-refractivity contribution in [3.8, 4) is 6.07 Å². The number of nitrogens with one attached hydrogen (secondary N) is 1. The van der Waals surface area contributed by atoms with E-state index in [0.717, 1.165) is 18.7 Å². The number of halogens is 1. The summed E-state index contributed by atoms with van der Waals surface area (Å²) in [6.45, 7) is 2.81. The lowest BCUT2D eigenvalue weighted by atomic mass is 10.1. The molecule has 2 atom stereocenters. The number of nitriles is 1. The van der Waals surface area contributed by atoms with E-state index >= 15 is 0 Å². The molecule has 16 heavy (non-hydrogen) atoms. The SMILES string of the molecule is CC1OCCC1Nc1ccc(Cl)cc1C#N. The van der Waals surface area contributed by atoms with Crippen LogP contribution in [0.2, 0.25) is 5.02 Å². The smallest absolute Gasteiger partial charge is 0.101 e. The molecule has 1 aliphatic rings. The summed E-state index contributed by atoms with van der Waals surface area (Å²) in [6.07, 6.45) is 1.15. The Balaban J connectivity index is 2.18. The summed E-state index contributed by atoms with van der Waals surface area (Å²) in [4.78, 5) is 0. The molecule has 1 heterocycles. The van der Waals surface area contributed by atoms with Gasteiger partial charge in [-0.3, -0.25) is 0 Å². The molecule has 1 aromatic carbocycles. The topological polar surface area (TPSA) is 45.0 Å². The molecule has 0 bridgehead atoms. The van der Waals surface area contributed by atoms with Crippen molar-refractivity contribution < 1.29 is 4.74 Å². The number of rotatable bonds is 2. The van der Waals surface area contributed by atoms with Gasteiger partial charge in [-0.15, -0.1) is 0 Å². The lowest BCUT2D eigenvalue weighted by Crippen LogP contribution is -2.26. The van der Waals surface area contributed by atoms with E-state index in [1.54, 1.807) is 12.1 Å². The van der Waals surface area contributed by atoms with Crippen LogP contribution in [0, 0.1) is 11.3 Å². The van der Waals surface area contributed by atoms with Crippen molar-refractivity contribution in [3.05, 3.63) is 28.8 Å². The van der Waals surface area contributed by atoms with Gasteiger partial charge in [0.15, 0.2) is 0 Å². The third-order valence-corrected chi connectivity index (χ3v) is 3.05. The first-order chi connectivity index (χ1) is 7.70. The van der Waals surface area contributed by atoms with Gasteiger partial charge in [0, 0.05) is 11.6 Å². The highest BCUT2D eigenvalue weighted by Crippen LogP contribution is 2.24. The Bertz CT molecular complexity index is 428. The van der Waals surface area contributed by atoms with E-state index in [1.807, 2.05) is 13.0 Å². The molecule has 84 valence electrons. The Kier molecular flexibility index (Phi) is 3.33. The van der Waals surface area contributed by atoms with Gasteiger partial charge in [0.1, 0.15) is 6.07 Å². The maximum Gasteiger partial charge on any atom is 0.101 e. The van der Waals surface area contributed by atoms with Crippen LogP contribution in [0.1, 0.15) is 18.9 Å². The van der Waals surface area contributed by atoms with Gasteiger partial charge in [0.25, 0.3) is 0 Å². The van der Waals surface area contributed by atoms with Crippen LogP contribution < -0.4 is 5.32 Å². The van der Waals surface area contributed by atoms with Gasteiger partial charge in [-0.1, -0.05) is 11.6 Å². The van der Waals surface area contributed by atoms with Crippen LogP contribution in [0.4, 0.5) is 5.69 Å². The first-order valence-electron chi connectivity index (χ1n) is 5.28. The predicted octanol–water partition coefficient (Wildman–Crippen LogP) is 2.80. The third kappa shape index (κ3) is 2.29. The molecular weight excluding hydrogens is 224 g/mol. The molecule has 0 saturated carbocycles. The second kappa shape index (κ2) is 4.73. The van der Waals surface area contributed by atoms with Crippen molar-refractivity contribution in [1.82, 2.24) is 0 Å². The highest BCUT2D eigenvalue weighted by Gasteiger charge is 2.24.